The zero-order valence-electron chi connectivity index (χ0n) is 16.2. The summed E-state index contributed by atoms with van der Waals surface area (Å²) >= 11 is 0. The Morgan fingerprint density at radius 3 is 2.24 bits per heavy atom. The molecule has 2 rings (SSSR count). The van der Waals surface area contributed by atoms with Crippen molar-refractivity contribution in [1.82, 2.24) is 9.80 Å². The lowest BCUT2D eigenvalue weighted by Crippen LogP contribution is -2.42. The first-order valence-corrected chi connectivity index (χ1v) is 9.20. The molecule has 1 amide bonds. The molecule has 0 spiro atoms. The minimum Gasteiger partial charge on any atom is -0.486 e. The van der Waals surface area contributed by atoms with E-state index in [1.54, 1.807) is 0 Å². The fraction of sp³-hybridized carbons (Fsp3) is 0.650. The second-order valence-electron chi connectivity index (χ2n) is 7.74. The highest BCUT2D eigenvalue weighted by atomic mass is 16.6. The van der Waals surface area contributed by atoms with Gasteiger partial charge in [0.1, 0.15) is 13.2 Å². The van der Waals surface area contributed by atoms with E-state index in [4.69, 9.17) is 9.47 Å². The Labute approximate surface area is 151 Å². The molecule has 0 radical (unpaired) electrons. The highest BCUT2D eigenvalue weighted by Crippen LogP contribution is 2.31. The van der Waals surface area contributed by atoms with Crippen molar-refractivity contribution in [2.24, 2.45) is 11.8 Å². The molecule has 140 valence electrons. The molecular formula is C20H32N2O3. The van der Waals surface area contributed by atoms with Crippen LogP contribution in [0, 0.1) is 11.8 Å². The molecule has 1 aliphatic heterocycles. The van der Waals surface area contributed by atoms with Crippen molar-refractivity contribution < 1.29 is 14.3 Å². The first-order valence-electron chi connectivity index (χ1n) is 9.20. The summed E-state index contributed by atoms with van der Waals surface area (Å²) in [6.07, 6.45) is 0. The van der Waals surface area contributed by atoms with Gasteiger partial charge in [-0.1, -0.05) is 33.8 Å². The summed E-state index contributed by atoms with van der Waals surface area (Å²) in [6, 6.07) is 5.99. The summed E-state index contributed by atoms with van der Waals surface area (Å²) in [4.78, 5) is 16.7. The average molecular weight is 348 g/mol. The monoisotopic (exact) mass is 348 g/mol. The summed E-state index contributed by atoms with van der Waals surface area (Å²) < 4.78 is 11.2. The number of ether oxygens (including phenoxy) is 2. The van der Waals surface area contributed by atoms with E-state index in [-0.39, 0.29) is 5.91 Å². The summed E-state index contributed by atoms with van der Waals surface area (Å²) in [5.41, 5.74) is 1.12. The molecule has 1 aliphatic rings. The third kappa shape index (κ3) is 6.24. The molecular weight excluding hydrogens is 316 g/mol. The van der Waals surface area contributed by atoms with Crippen LogP contribution in [0.3, 0.4) is 0 Å². The molecule has 25 heavy (non-hydrogen) atoms. The molecule has 0 bridgehead atoms. The Morgan fingerprint density at radius 2 is 1.64 bits per heavy atom. The Hall–Kier alpha value is -1.75. The van der Waals surface area contributed by atoms with Gasteiger partial charge in [0.15, 0.2) is 11.5 Å². The van der Waals surface area contributed by atoms with Crippen molar-refractivity contribution in [2.75, 3.05) is 39.9 Å². The maximum absolute atomic E-state index is 12.7. The summed E-state index contributed by atoms with van der Waals surface area (Å²) in [5, 5.41) is 0. The topological polar surface area (TPSA) is 42.0 Å². The minimum absolute atomic E-state index is 0.197. The molecule has 0 unspecified atom stereocenters. The number of nitrogens with zero attached hydrogens (tertiary/aromatic N) is 2. The highest BCUT2D eigenvalue weighted by molar-refractivity contribution is 5.78. The first-order chi connectivity index (χ1) is 11.8. The lowest BCUT2D eigenvalue weighted by Gasteiger charge is -2.28. The van der Waals surface area contributed by atoms with Crippen LogP contribution in [0.15, 0.2) is 18.2 Å². The van der Waals surface area contributed by atoms with Gasteiger partial charge in [-0.2, -0.15) is 0 Å². The molecule has 0 fully saturated rings. The van der Waals surface area contributed by atoms with Crippen LogP contribution in [-0.4, -0.2) is 55.6 Å². The summed E-state index contributed by atoms with van der Waals surface area (Å²) in [7, 11) is 1.98. The van der Waals surface area contributed by atoms with Gasteiger partial charge in [-0.25, -0.2) is 0 Å². The van der Waals surface area contributed by atoms with E-state index < -0.39 is 0 Å². The summed E-state index contributed by atoms with van der Waals surface area (Å²) in [6.45, 7) is 12.6. The number of hydrogen-bond acceptors (Lipinski definition) is 4. The van der Waals surface area contributed by atoms with Gasteiger partial charge >= 0.3 is 0 Å². The zero-order valence-corrected chi connectivity index (χ0v) is 16.2. The lowest BCUT2D eigenvalue weighted by molar-refractivity contribution is -0.133. The fourth-order valence-corrected chi connectivity index (χ4v) is 3.04. The standard InChI is InChI=1S/C20H32N2O3/c1-15(2)11-22(12-16(3)4)20(23)14-21(5)13-17-6-7-18-19(10-17)25-9-8-24-18/h6-7,10,15-16H,8-9,11-14H2,1-5H3. The van der Waals surface area contributed by atoms with E-state index in [1.165, 1.54) is 0 Å². The van der Waals surface area contributed by atoms with Gasteiger partial charge in [0.05, 0.1) is 6.54 Å². The van der Waals surface area contributed by atoms with E-state index in [0.717, 1.165) is 30.2 Å². The molecule has 0 aromatic heterocycles. The number of rotatable bonds is 8. The molecule has 0 saturated heterocycles. The van der Waals surface area contributed by atoms with Crippen molar-refractivity contribution in [3.63, 3.8) is 0 Å². The van der Waals surface area contributed by atoms with Crippen molar-refractivity contribution in [3.8, 4) is 11.5 Å². The van der Waals surface area contributed by atoms with Gasteiger partial charge in [-0.05, 0) is 36.6 Å². The van der Waals surface area contributed by atoms with E-state index in [1.807, 2.05) is 30.1 Å². The van der Waals surface area contributed by atoms with Gasteiger partial charge in [-0.3, -0.25) is 9.69 Å². The maximum Gasteiger partial charge on any atom is 0.236 e. The number of benzene rings is 1. The quantitative estimate of drug-likeness (QED) is 0.724. The zero-order chi connectivity index (χ0) is 18.4. The average Bonchev–Trinajstić information content (AvgIpc) is 2.53. The van der Waals surface area contributed by atoms with Crippen LogP contribution in [0.4, 0.5) is 0 Å². The number of likely N-dealkylation sites (N-methyl/N-ethyl adjacent to an activating group) is 1. The Bertz CT molecular complexity index is 562. The molecule has 1 aromatic carbocycles. The third-order valence-electron chi connectivity index (χ3n) is 3.99. The van der Waals surface area contributed by atoms with Gasteiger partial charge in [-0.15, -0.1) is 0 Å². The van der Waals surface area contributed by atoms with Gasteiger partial charge < -0.3 is 14.4 Å². The van der Waals surface area contributed by atoms with Crippen LogP contribution < -0.4 is 9.47 Å². The number of amides is 1. The molecule has 0 aliphatic carbocycles. The molecule has 0 atom stereocenters. The van der Waals surface area contributed by atoms with Crippen molar-refractivity contribution in [1.29, 1.82) is 0 Å². The maximum atomic E-state index is 12.7. The number of carbonyl (C=O) groups is 1. The van der Waals surface area contributed by atoms with Crippen LogP contribution in [0.1, 0.15) is 33.3 Å². The number of fused-ring (bicyclic) bond motifs is 1. The second-order valence-corrected chi connectivity index (χ2v) is 7.74. The van der Waals surface area contributed by atoms with Crippen LogP contribution in [0.5, 0.6) is 11.5 Å². The van der Waals surface area contributed by atoms with E-state index in [9.17, 15) is 4.79 Å². The van der Waals surface area contributed by atoms with E-state index >= 15 is 0 Å². The lowest BCUT2D eigenvalue weighted by atomic mass is 10.1. The van der Waals surface area contributed by atoms with E-state index in [0.29, 0.717) is 38.1 Å². The van der Waals surface area contributed by atoms with Crippen molar-refractivity contribution in [2.45, 2.75) is 34.2 Å². The number of carbonyl (C=O) groups excluding carboxylic acids is 1. The molecule has 1 heterocycles. The molecule has 5 heteroatoms. The predicted octanol–water partition coefficient (Wildman–Crippen LogP) is 3.03. The smallest absolute Gasteiger partial charge is 0.236 e. The van der Waals surface area contributed by atoms with Crippen LogP contribution in [0.25, 0.3) is 0 Å². The Morgan fingerprint density at radius 1 is 1.04 bits per heavy atom. The second kappa shape index (κ2) is 9.09. The number of hydrogen-bond donors (Lipinski definition) is 0. The van der Waals surface area contributed by atoms with Crippen LogP contribution >= 0.6 is 0 Å². The molecule has 0 saturated carbocycles. The van der Waals surface area contributed by atoms with Crippen molar-refractivity contribution in [3.05, 3.63) is 23.8 Å². The molecule has 0 N–H and O–H groups in total. The van der Waals surface area contributed by atoms with Crippen LogP contribution in [-0.2, 0) is 11.3 Å². The highest BCUT2D eigenvalue weighted by Gasteiger charge is 2.18. The predicted molar refractivity (Wildman–Crippen MR) is 100 cm³/mol. The summed E-state index contributed by atoms with van der Waals surface area (Å²) in [5.74, 6) is 2.75. The van der Waals surface area contributed by atoms with Gasteiger partial charge in [0, 0.05) is 19.6 Å². The first kappa shape index (κ1) is 19.6. The van der Waals surface area contributed by atoms with E-state index in [2.05, 4.69) is 32.6 Å². The third-order valence-corrected chi connectivity index (χ3v) is 3.99. The largest absolute Gasteiger partial charge is 0.486 e. The fourth-order valence-electron chi connectivity index (χ4n) is 3.04. The molecule has 5 nitrogen and oxygen atoms in total. The van der Waals surface area contributed by atoms with Crippen molar-refractivity contribution >= 4 is 5.91 Å². The van der Waals surface area contributed by atoms with Gasteiger partial charge in [0.2, 0.25) is 5.91 Å². The van der Waals surface area contributed by atoms with Crippen LogP contribution in [0.2, 0.25) is 0 Å². The Kier molecular flexibility index (Phi) is 7.12. The normalized spacial score (nSPS) is 13.6. The van der Waals surface area contributed by atoms with Gasteiger partial charge in [0.25, 0.3) is 0 Å². The molecule has 1 aromatic rings. The minimum atomic E-state index is 0.197. The Balaban J connectivity index is 1.93. The SMILES string of the molecule is CC(C)CN(CC(C)C)C(=O)CN(C)Cc1ccc2c(c1)OCCO2.